The van der Waals surface area contributed by atoms with Gasteiger partial charge in [-0.2, -0.15) is 0 Å². The highest BCUT2D eigenvalue weighted by Crippen LogP contribution is 2.17. The number of aromatic carboxylic acids is 1. The van der Waals surface area contributed by atoms with E-state index in [0.29, 0.717) is 17.8 Å². The van der Waals surface area contributed by atoms with Gasteiger partial charge in [-0.15, -0.1) is 0 Å². The highest BCUT2D eigenvalue weighted by Gasteiger charge is 2.09. The zero-order valence-corrected chi connectivity index (χ0v) is 9.00. The second-order valence-electron chi connectivity index (χ2n) is 3.66. The molecular weight excluding hydrogens is 190 g/mol. The number of hydrogen-bond acceptors (Lipinski definition) is 2. The van der Waals surface area contributed by atoms with Crippen molar-refractivity contribution in [1.29, 1.82) is 0 Å². The Kier molecular flexibility index (Phi) is 3.50. The normalized spacial score (nSPS) is 9.73. The van der Waals surface area contributed by atoms with E-state index in [9.17, 15) is 4.79 Å². The fourth-order valence-electron chi connectivity index (χ4n) is 1.24. The highest BCUT2D eigenvalue weighted by molar-refractivity contribution is 5.94. The van der Waals surface area contributed by atoms with Crippen LogP contribution in [0, 0.1) is 6.92 Å². The van der Waals surface area contributed by atoms with Crippen LogP contribution in [0.4, 0.5) is 5.69 Å². The van der Waals surface area contributed by atoms with Gasteiger partial charge in [0.05, 0.1) is 5.56 Å². The quantitative estimate of drug-likeness (QED) is 0.743. The summed E-state index contributed by atoms with van der Waals surface area (Å²) in [5, 5.41) is 12.0. The van der Waals surface area contributed by atoms with Crippen LogP contribution in [0.5, 0.6) is 0 Å². The van der Waals surface area contributed by atoms with Gasteiger partial charge in [0.15, 0.2) is 0 Å². The van der Waals surface area contributed by atoms with Crippen molar-refractivity contribution < 1.29 is 9.90 Å². The van der Waals surface area contributed by atoms with Gasteiger partial charge in [-0.3, -0.25) is 0 Å². The Morgan fingerprint density at radius 2 is 2.20 bits per heavy atom. The van der Waals surface area contributed by atoms with E-state index in [1.807, 2.05) is 19.9 Å². The molecule has 0 atom stereocenters. The molecule has 0 unspecified atom stereocenters. The second kappa shape index (κ2) is 4.64. The van der Waals surface area contributed by atoms with Gasteiger partial charge in [-0.05, 0) is 26.0 Å². The molecule has 0 radical (unpaired) electrons. The van der Waals surface area contributed by atoms with Crippen molar-refractivity contribution in [1.82, 2.24) is 0 Å². The smallest absolute Gasteiger partial charge is 0.337 e. The first-order valence-electron chi connectivity index (χ1n) is 4.73. The molecule has 0 aliphatic carbocycles. The summed E-state index contributed by atoms with van der Waals surface area (Å²) >= 11 is 0. The Morgan fingerprint density at radius 1 is 1.53 bits per heavy atom. The van der Waals surface area contributed by atoms with Crippen LogP contribution in [0.25, 0.3) is 0 Å². The SMILES string of the molecule is C=C(C)CNc1ccc(C)cc1C(=O)O. The van der Waals surface area contributed by atoms with Gasteiger partial charge in [0, 0.05) is 12.2 Å². The van der Waals surface area contributed by atoms with E-state index < -0.39 is 5.97 Å². The molecule has 0 saturated heterocycles. The average molecular weight is 205 g/mol. The summed E-state index contributed by atoms with van der Waals surface area (Å²) in [5.41, 5.74) is 2.84. The highest BCUT2D eigenvalue weighted by atomic mass is 16.4. The molecule has 80 valence electrons. The second-order valence-corrected chi connectivity index (χ2v) is 3.66. The van der Waals surface area contributed by atoms with Crippen molar-refractivity contribution >= 4 is 11.7 Å². The molecule has 0 aliphatic rings. The van der Waals surface area contributed by atoms with Crippen LogP contribution in [-0.2, 0) is 0 Å². The van der Waals surface area contributed by atoms with Gasteiger partial charge in [-0.25, -0.2) is 4.79 Å². The van der Waals surface area contributed by atoms with E-state index in [-0.39, 0.29) is 0 Å². The standard InChI is InChI=1S/C12H15NO2/c1-8(2)7-13-11-5-4-9(3)6-10(11)12(14)15/h4-6,13H,1,7H2,2-3H3,(H,14,15). The maximum Gasteiger partial charge on any atom is 0.337 e. The van der Waals surface area contributed by atoms with Crippen LogP contribution < -0.4 is 5.32 Å². The van der Waals surface area contributed by atoms with Gasteiger partial charge in [0.1, 0.15) is 0 Å². The first-order valence-corrected chi connectivity index (χ1v) is 4.73. The summed E-state index contributed by atoms with van der Waals surface area (Å²) in [7, 11) is 0. The molecule has 0 amide bonds. The molecule has 0 fully saturated rings. The fourth-order valence-corrected chi connectivity index (χ4v) is 1.24. The van der Waals surface area contributed by atoms with Gasteiger partial charge in [0.2, 0.25) is 0 Å². The Bertz CT molecular complexity index is 397. The molecule has 0 aliphatic heterocycles. The number of rotatable bonds is 4. The van der Waals surface area contributed by atoms with Crippen molar-refractivity contribution in [3.63, 3.8) is 0 Å². The van der Waals surface area contributed by atoms with E-state index in [1.165, 1.54) is 0 Å². The molecule has 2 N–H and O–H groups in total. The maximum atomic E-state index is 11.0. The zero-order chi connectivity index (χ0) is 11.4. The number of carboxylic acids is 1. The van der Waals surface area contributed by atoms with E-state index >= 15 is 0 Å². The summed E-state index contributed by atoms with van der Waals surface area (Å²) in [4.78, 5) is 11.0. The summed E-state index contributed by atoms with van der Waals surface area (Å²) in [6.07, 6.45) is 0. The molecular formula is C12H15NO2. The molecule has 15 heavy (non-hydrogen) atoms. The van der Waals surface area contributed by atoms with Crippen molar-refractivity contribution in [3.05, 3.63) is 41.5 Å². The van der Waals surface area contributed by atoms with Gasteiger partial charge in [0.25, 0.3) is 0 Å². The summed E-state index contributed by atoms with van der Waals surface area (Å²) in [6.45, 7) is 8.10. The number of hydrogen-bond donors (Lipinski definition) is 2. The summed E-state index contributed by atoms with van der Waals surface area (Å²) in [6, 6.07) is 5.32. The average Bonchev–Trinajstić information content (AvgIpc) is 2.15. The van der Waals surface area contributed by atoms with Gasteiger partial charge in [-0.1, -0.05) is 23.8 Å². The molecule has 3 nitrogen and oxygen atoms in total. The predicted molar refractivity (Wildman–Crippen MR) is 61.4 cm³/mol. The lowest BCUT2D eigenvalue weighted by atomic mass is 10.1. The third kappa shape index (κ3) is 3.13. The monoisotopic (exact) mass is 205 g/mol. The Hall–Kier alpha value is -1.77. The van der Waals surface area contributed by atoms with Crippen LogP contribution >= 0.6 is 0 Å². The third-order valence-corrected chi connectivity index (χ3v) is 1.99. The third-order valence-electron chi connectivity index (χ3n) is 1.99. The molecule has 1 aromatic rings. The zero-order valence-electron chi connectivity index (χ0n) is 9.00. The van der Waals surface area contributed by atoms with Crippen LogP contribution in [0.3, 0.4) is 0 Å². The largest absolute Gasteiger partial charge is 0.478 e. The van der Waals surface area contributed by atoms with Crippen LogP contribution in [0.15, 0.2) is 30.4 Å². The molecule has 0 heterocycles. The topological polar surface area (TPSA) is 49.3 Å². The van der Waals surface area contributed by atoms with Gasteiger partial charge >= 0.3 is 5.97 Å². The van der Waals surface area contributed by atoms with Crippen molar-refractivity contribution in [3.8, 4) is 0 Å². The fraction of sp³-hybridized carbons (Fsp3) is 0.250. The first-order chi connectivity index (χ1) is 7.00. The predicted octanol–water partition coefficient (Wildman–Crippen LogP) is 2.68. The minimum atomic E-state index is -0.914. The summed E-state index contributed by atoms with van der Waals surface area (Å²) in [5.74, 6) is -0.914. The molecule has 0 spiro atoms. The number of carbonyl (C=O) groups is 1. The Labute approximate surface area is 89.4 Å². The maximum absolute atomic E-state index is 11.0. The lowest BCUT2D eigenvalue weighted by molar-refractivity contribution is 0.0698. The van der Waals surface area contributed by atoms with Crippen molar-refractivity contribution in [2.45, 2.75) is 13.8 Å². The minimum Gasteiger partial charge on any atom is -0.478 e. The lowest BCUT2D eigenvalue weighted by Gasteiger charge is -2.09. The van der Waals surface area contributed by atoms with Crippen LogP contribution in [0.2, 0.25) is 0 Å². The molecule has 0 bridgehead atoms. The van der Waals surface area contributed by atoms with Crippen molar-refractivity contribution in [2.24, 2.45) is 0 Å². The van der Waals surface area contributed by atoms with Crippen LogP contribution in [-0.4, -0.2) is 17.6 Å². The molecule has 1 rings (SSSR count). The first kappa shape index (κ1) is 11.3. The molecule has 0 saturated carbocycles. The van der Waals surface area contributed by atoms with E-state index in [4.69, 9.17) is 5.11 Å². The van der Waals surface area contributed by atoms with Crippen molar-refractivity contribution in [2.75, 3.05) is 11.9 Å². The lowest BCUT2D eigenvalue weighted by Crippen LogP contribution is -2.08. The minimum absolute atomic E-state index is 0.302. The number of benzene rings is 1. The number of carboxylic acid groups (broad SMARTS) is 1. The molecule has 3 heteroatoms. The summed E-state index contributed by atoms with van der Waals surface area (Å²) < 4.78 is 0. The van der Waals surface area contributed by atoms with E-state index in [2.05, 4.69) is 11.9 Å². The number of aryl methyl sites for hydroxylation is 1. The Morgan fingerprint density at radius 3 is 2.73 bits per heavy atom. The van der Waals surface area contributed by atoms with Crippen LogP contribution in [0.1, 0.15) is 22.8 Å². The number of nitrogens with one attached hydrogen (secondary N) is 1. The molecule has 0 aromatic heterocycles. The van der Waals surface area contributed by atoms with E-state index in [1.54, 1.807) is 12.1 Å². The molecule has 1 aromatic carbocycles. The number of anilines is 1. The van der Waals surface area contributed by atoms with E-state index in [0.717, 1.165) is 11.1 Å². The van der Waals surface area contributed by atoms with Gasteiger partial charge < -0.3 is 10.4 Å². The Balaban J connectivity index is 2.95.